The zero-order valence-electron chi connectivity index (χ0n) is 19.3. The van der Waals surface area contributed by atoms with Gasteiger partial charge in [0.05, 0.1) is 40.1 Å². The van der Waals surface area contributed by atoms with E-state index < -0.39 is 0 Å². The molecule has 1 aliphatic heterocycles. The highest BCUT2D eigenvalue weighted by atomic mass is 35.5. The summed E-state index contributed by atoms with van der Waals surface area (Å²) in [5, 5.41) is 11.0. The molecule has 1 atom stereocenters. The van der Waals surface area contributed by atoms with Crippen molar-refractivity contribution >= 4 is 40.4 Å². The van der Waals surface area contributed by atoms with E-state index in [1.54, 1.807) is 12.1 Å². The third kappa shape index (κ3) is 5.43. The van der Waals surface area contributed by atoms with Crippen molar-refractivity contribution in [3.05, 3.63) is 59.4 Å². The predicted molar refractivity (Wildman–Crippen MR) is 132 cm³/mol. The van der Waals surface area contributed by atoms with Gasteiger partial charge in [0.15, 0.2) is 0 Å². The van der Waals surface area contributed by atoms with E-state index in [-0.39, 0.29) is 17.9 Å². The second kappa shape index (κ2) is 10.8. The lowest BCUT2D eigenvalue weighted by molar-refractivity contribution is -0.126. The van der Waals surface area contributed by atoms with Crippen molar-refractivity contribution in [2.45, 2.75) is 25.3 Å². The maximum absolute atomic E-state index is 12.9. The van der Waals surface area contributed by atoms with Gasteiger partial charge in [0.2, 0.25) is 11.9 Å². The standard InChI is InChI=1S/C24H28ClN7O2/c1-30(2)13-6-10-21(33)31-14-4-3-7-18(16-31)32-22-19(25)8-5-9-20(22)28-24(32)29-23(34)17-11-12-26-27-15-17/h5-6,8-12,15,18H,3-4,7,13-14,16H2,1-2H3,(H,28,29,34). The van der Waals surface area contributed by atoms with E-state index in [2.05, 4.69) is 20.5 Å². The molecule has 1 aliphatic rings. The van der Waals surface area contributed by atoms with Crippen LogP contribution in [0, 0.1) is 0 Å². The highest BCUT2D eigenvalue weighted by molar-refractivity contribution is 6.35. The van der Waals surface area contributed by atoms with Crippen molar-refractivity contribution in [2.24, 2.45) is 0 Å². The minimum absolute atomic E-state index is 0.0160. The molecule has 10 heteroatoms. The van der Waals surface area contributed by atoms with Crippen LogP contribution in [0.2, 0.25) is 5.02 Å². The molecule has 3 heterocycles. The van der Waals surface area contributed by atoms with E-state index in [0.717, 1.165) is 24.8 Å². The van der Waals surface area contributed by atoms with Crippen LogP contribution < -0.4 is 5.32 Å². The van der Waals surface area contributed by atoms with Gasteiger partial charge < -0.3 is 14.4 Å². The molecule has 1 fully saturated rings. The van der Waals surface area contributed by atoms with Crippen LogP contribution in [0.4, 0.5) is 5.95 Å². The van der Waals surface area contributed by atoms with E-state index >= 15 is 0 Å². The van der Waals surface area contributed by atoms with Gasteiger partial charge in [-0.15, -0.1) is 0 Å². The molecule has 0 spiro atoms. The van der Waals surface area contributed by atoms with Crippen LogP contribution in [-0.4, -0.2) is 75.1 Å². The molecule has 2 aromatic heterocycles. The zero-order valence-corrected chi connectivity index (χ0v) is 20.1. The second-order valence-corrected chi connectivity index (χ2v) is 9.00. The van der Waals surface area contributed by atoms with Gasteiger partial charge in [0.1, 0.15) is 0 Å². The third-order valence-electron chi connectivity index (χ3n) is 5.79. The summed E-state index contributed by atoms with van der Waals surface area (Å²) >= 11 is 6.60. The fraction of sp³-hybridized carbons (Fsp3) is 0.375. The first-order valence-electron chi connectivity index (χ1n) is 11.3. The molecule has 0 bridgehead atoms. The van der Waals surface area contributed by atoms with Gasteiger partial charge in [-0.05, 0) is 51.6 Å². The second-order valence-electron chi connectivity index (χ2n) is 8.60. The van der Waals surface area contributed by atoms with Gasteiger partial charge >= 0.3 is 0 Å². The Balaban J connectivity index is 1.67. The minimum Gasteiger partial charge on any atom is -0.337 e. The number of hydrogen-bond donors (Lipinski definition) is 1. The molecular formula is C24H28ClN7O2. The van der Waals surface area contributed by atoms with Crippen molar-refractivity contribution in [3.63, 3.8) is 0 Å². The average Bonchev–Trinajstić information content (AvgIpc) is 3.01. The summed E-state index contributed by atoms with van der Waals surface area (Å²) in [5.41, 5.74) is 1.81. The molecule has 2 amide bonds. The summed E-state index contributed by atoms with van der Waals surface area (Å²) in [5.74, 6) is 0.0424. The van der Waals surface area contributed by atoms with E-state index in [1.165, 1.54) is 12.4 Å². The number of fused-ring (bicyclic) bond motifs is 1. The van der Waals surface area contributed by atoms with Crippen LogP contribution in [0.5, 0.6) is 0 Å². The van der Waals surface area contributed by atoms with Crippen molar-refractivity contribution in [2.75, 3.05) is 39.0 Å². The summed E-state index contributed by atoms with van der Waals surface area (Å²) in [6.45, 7) is 1.89. The number of carbonyl (C=O) groups excluding carboxylic acids is 2. The molecule has 1 unspecified atom stereocenters. The zero-order chi connectivity index (χ0) is 24.1. The van der Waals surface area contributed by atoms with E-state index in [4.69, 9.17) is 11.6 Å². The fourth-order valence-electron chi connectivity index (χ4n) is 4.15. The van der Waals surface area contributed by atoms with Gasteiger partial charge in [-0.1, -0.05) is 23.7 Å². The van der Waals surface area contributed by atoms with Crippen LogP contribution in [0.15, 0.2) is 48.8 Å². The van der Waals surface area contributed by atoms with Crippen LogP contribution in [-0.2, 0) is 4.79 Å². The normalized spacial score (nSPS) is 16.8. The number of aromatic nitrogens is 4. The Morgan fingerprint density at radius 2 is 2.09 bits per heavy atom. The lowest BCUT2D eigenvalue weighted by Gasteiger charge is -2.26. The van der Waals surface area contributed by atoms with Gasteiger partial charge in [0.25, 0.3) is 5.91 Å². The molecule has 34 heavy (non-hydrogen) atoms. The Kier molecular flexibility index (Phi) is 7.54. The number of para-hydroxylation sites is 1. The predicted octanol–water partition coefficient (Wildman–Crippen LogP) is 3.40. The van der Waals surface area contributed by atoms with Crippen molar-refractivity contribution in [1.29, 1.82) is 0 Å². The molecular weight excluding hydrogens is 454 g/mol. The first-order valence-corrected chi connectivity index (χ1v) is 11.7. The number of likely N-dealkylation sites (tertiary alicyclic amines) is 1. The molecule has 3 aromatic rings. The Morgan fingerprint density at radius 1 is 1.24 bits per heavy atom. The summed E-state index contributed by atoms with van der Waals surface area (Å²) in [6, 6.07) is 7.01. The largest absolute Gasteiger partial charge is 0.337 e. The van der Waals surface area contributed by atoms with E-state index in [0.29, 0.717) is 41.7 Å². The van der Waals surface area contributed by atoms with Gasteiger partial charge in [-0.2, -0.15) is 10.2 Å². The van der Waals surface area contributed by atoms with E-state index in [1.807, 2.05) is 52.7 Å². The van der Waals surface area contributed by atoms with Gasteiger partial charge in [-0.3, -0.25) is 14.9 Å². The van der Waals surface area contributed by atoms with Crippen LogP contribution in [0.25, 0.3) is 11.0 Å². The maximum Gasteiger partial charge on any atom is 0.259 e. The summed E-state index contributed by atoms with van der Waals surface area (Å²) < 4.78 is 1.97. The average molecular weight is 482 g/mol. The highest BCUT2D eigenvalue weighted by Crippen LogP contribution is 2.34. The molecule has 9 nitrogen and oxygen atoms in total. The monoisotopic (exact) mass is 481 g/mol. The number of benzene rings is 1. The first kappa shape index (κ1) is 23.8. The van der Waals surface area contributed by atoms with E-state index in [9.17, 15) is 9.59 Å². The highest BCUT2D eigenvalue weighted by Gasteiger charge is 2.27. The number of carbonyl (C=O) groups is 2. The number of anilines is 1. The summed E-state index contributed by atoms with van der Waals surface area (Å²) in [7, 11) is 3.92. The third-order valence-corrected chi connectivity index (χ3v) is 6.09. The van der Waals surface area contributed by atoms with Gasteiger partial charge in [-0.25, -0.2) is 4.98 Å². The van der Waals surface area contributed by atoms with Crippen LogP contribution in [0.1, 0.15) is 35.7 Å². The van der Waals surface area contributed by atoms with Crippen molar-refractivity contribution in [1.82, 2.24) is 29.5 Å². The number of halogens is 1. The molecule has 1 N–H and O–H groups in total. The number of nitrogens with one attached hydrogen (secondary N) is 1. The Bertz CT molecular complexity index is 1190. The lowest BCUT2D eigenvalue weighted by Crippen LogP contribution is -2.34. The molecule has 0 saturated carbocycles. The SMILES string of the molecule is CN(C)CC=CC(=O)N1CCCCC(n2c(NC(=O)c3ccnnc3)nc3cccc(Cl)c32)C1. The topological polar surface area (TPSA) is 96.2 Å². The number of hydrogen-bond acceptors (Lipinski definition) is 6. The summed E-state index contributed by atoms with van der Waals surface area (Å²) in [4.78, 5) is 34.3. The van der Waals surface area contributed by atoms with Crippen molar-refractivity contribution < 1.29 is 9.59 Å². The summed E-state index contributed by atoms with van der Waals surface area (Å²) in [6.07, 6.45) is 9.08. The molecule has 0 radical (unpaired) electrons. The first-order chi connectivity index (χ1) is 16.4. The Morgan fingerprint density at radius 3 is 2.85 bits per heavy atom. The molecule has 4 rings (SSSR count). The molecule has 1 saturated heterocycles. The molecule has 178 valence electrons. The number of likely N-dealkylation sites (N-methyl/N-ethyl adjacent to an activating group) is 1. The Hall–Kier alpha value is -3.30. The maximum atomic E-state index is 12.9. The number of rotatable bonds is 6. The van der Waals surface area contributed by atoms with Crippen LogP contribution in [0.3, 0.4) is 0 Å². The molecule has 0 aliphatic carbocycles. The lowest BCUT2D eigenvalue weighted by atomic mass is 10.1. The Labute approximate surface area is 203 Å². The van der Waals surface area contributed by atoms with Crippen LogP contribution >= 0.6 is 11.6 Å². The quantitative estimate of drug-likeness (QED) is 0.542. The molecule has 1 aromatic carbocycles. The number of nitrogens with zero attached hydrogens (tertiary/aromatic N) is 6. The number of imidazole rings is 1. The van der Waals surface area contributed by atoms with Crippen molar-refractivity contribution in [3.8, 4) is 0 Å². The number of amides is 2. The van der Waals surface area contributed by atoms with Gasteiger partial charge in [0, 0.05) is 25.7 Å². The fourth-order valence-corrected chi connectivity index (χ4v) is 4.41. The minimum atomic E-state index is -0.337. The smallest absolute Gasteiger partial charge is 0.259 e.